The molecule has 0 saturated carbocycles. The van der Waals surface area contributed by atoms with Crippen molar-refractivity contribution in [2.24, 2.45) is 0 Å². The lowest BCUT2D eigenvalue weighted by molar-refractivity contribution is 0.295. The molecule has 3 heterocycles. The lowest BCUT2D eigenvalue weighted by Crippen LogP contribution is -2.31. The zero-order valence-electron chi connectivity index (χ0n) is 14.7. The van der Waals surface area contributed by atoms with Crippen LogP contribution in [0.4, 0.5) is 0 Å². The van der Waals surface area contributed by atoms with Gasteiger partial charge in [-0.2, -0.15) is 0 Å². The Hall–Kier alpha value is -2.98. The maximum Gasteiger partial charge on any atom is 0.115 e. The Morgan fingerprint density at radius 3 is 2.77 bits per heavy atom. The Balaban J connectivity index is 1.59. The summed E-state index contributed by atoms with van der Waals surface area (Å²) in [6.45, 7) is 2.01. The SMILES string of the molecule is CN1Cc2cc(-c3cncnc3)ccc2C(c2ccc3cc[nH]c3c2)C1. The number of rotatable bonds is 2. The van der Waals surface area contributed by atoms with Crippen LogP contribution < -0.4 is 0 Å². The first kappa shape index (κ1) is 15.3. The van der Waals surface area contributed by atoms with Gasteiger partial charge >= 0.3 is 0 Å². The fourth-order valence-corrected chi connectivity index (χ4v) is 4.04. The van der Waals surface area contributed by atoms with Crippen molar-refractivity contribution < 1.29 is 0 Å². The minimum Gasteiger partial charge on any atom is -0.361 e. The number of nitrogens with zero attached hydrogens (tertiary/aromatic N) is 3. The highest BCUT2D eigenvalue weighted by atomic mass is 15.1. The highest BCUT2D eigenvalue weighted by Gasteiger charge is 2.25. The minimum absolute atomic E-state index is 0.387. The average molecular weight is 340 g/mol. The van der Waals surface area contributed by atoms with Crippen molar-refractivity contribution in [2.75, 3.05) is 13.6 Å². The Kier molecular flexibility index (Phi) is 3.57. The number of hydrogen-bond donors (Lipinski definition) is 1. The topological polar surface area (TPSA) is 44.8 Å². The number of likely N-dealkylation sites (N-methyl/N-ethyl adjacent to an activating group) is 1. The average Bonchev–Trinajstić information content (AvgIpc) is 3.15. The van der Waals surface area contributed by atoms with E-state index in [1.165, 1.54) is 33.2 Å². The van der Waals surface area contributed by atoms with E-state index in [0.717, 1.165) is 18.7 Å². The number of hydrogen-bond acceptors (Lipinski definition) is 3. The van der Waals surface area contributed by atoms with Gasteiger partial charge in [0.05, 0.1) is 0 Å². The van der Waals surface area contributed by atoms with E-state index in [2.05, 4.69) is 69.4 Å². The number of H-pyrrole nitrogens is 1. The molecule has 1 aliphatic heterocycles. The Morgan fingerprint density at radius 1 is 1.00 bits per heavy atom. The smallest absolute Gasteiger partial charge is 0.115 e. The molecule has 0 radical (unpaired) electrons. The molecule has 0 amide bonds. The summed E-state index contributed by atoms with van der Waals surface area (Å²) >= 11 is 0. The molecule has 4 aromatic rings. The fourth-order valence-electron chi connectivity index (χ4n) is 4.04. The lowest BCUT2D eigenvalue weighted by atomic mass is 9.83. The van der Waals surface area contributed by atoms with Gasteiger partial charge in [-0.25, -0.2) is 9.97 Å². The van der Waals surface area contributed by atoms with E-state index in [-0.39, 0.29) is 0 Å². The molecule has 5 rings (SSSR count). The second-order valence-corrected chi connectivity index (χ2v) is 7.11. The zero-order valence-corrected chi connectivity index (χ0v) is 14.7. The molecule has 1 aliphatic rings. The quantitative estimate of drug-likeness (QED) is 0.595. The van der Waals surface area contributed by atoms with Crippen LogP contribution in [0.2, 0.25) is 0 Å². The van der Waals surface area contributed by atoms with E-state index >= 15 is 0 Å². The largest absolute Gasteiger partial charge is 0.361 e. The van der Waals surface area contributed by atoms with Gasteiger partial charge in [-0.05, 0) is 52.9 Å². The Morgan fingerprint density at radius 2 is 1.88 bits per heavy atom. The molecular weight excluding hydrogens is 320 g/mol. The van der Waals surface area contributed by atoms with Crippen LogP contribution in [0.1, 0.15) is 22.6 Å². The van der Waals surface area contributed by atoms with E-state index in [0.29, 0.717) is 5.92 Å². The molecule has 1 N–H and O–H groups in total. The summed E-state index contributed by atoms with van der Waals surface area (Å²) in [7, 11) is 2.20. The molecule has 2 aromatic heterocycles. The highest BCUT2D eigenvalue weighted by molar-refractivity contribution is 5.80. The van der Waals surface area contributed by atoms with Gasteiger partial charge in [0.15, 0.2) is 0 Å². The van der Waals surface area contributed by atoms with Gasteiger partial charge in [0.2, 0.25) is 0 Å². The first-order valence-corrected chi connectivity index (χ1v) is 8.92. The maximum atomic E-state index is 4.15. The maximum absolute atomic E-state index is 4.15. The van der Waals surface area contributed by atoms with Crippen LogP contribution in [-0.4, -0.2) is 33.4 Å². The van der Waals surface area contributed by atoms with Gasteiger partial charge in [-0.15, -0.1) is 0 Å². The van der Waals surface area contributed by atoms with E-state index in [4.69, 9.17) is 0 Å². The summed E-state index contributed by atoms with van der Waals surface area (Å²) in [6, 6.07) is 15.7. The normalized spacial score (nSPS) is 17.3. The van der Waals surface area contributed by atoms with Crippen molar-refractivity contribution in [1.82, 2.24) is 19.9 Å². The van der Waals surface area contributed by atoms with E-state index < -0.39 is 0 Å². The molecule has 4 nitrogen and oxygen atoms in total. The number of benzene rings is 2. The van der Waals surface area contributed by atoms with Gasteiger partial charge in [0.1, 0.15) is 6.33 Å². The van der Waals surface area contributed by atoms with Crippen LogP contribution in [0.3, 0.4) is 0 Å². The van der Waals surface area contributed by atoms with Gasteiger partial charge in [-0.1, -0.05) is 24.3 Å². The van der Waals surface area contributed by atoms with Gasteiger partial charge < -0.3 is 9.88 Å². The molecule has 1 atom stereocenters. The molecule has 26 heavy (non-hydrogen) atoms. The minimum atomic E-state index is 0.387. The van der Waals surface area contributed by atoms with E-state index in [1.807, 2.05) is 18.6 Å². The van der Waals surface area contributed by atoms with Crippen LogP contribution in [0.15, 0.2) is 67.4 Å². The zero-order chi connectivity index (χ0) is 17.5. The van der Waals surface area contributed by atoms with Crippen molar-refractivity contribution in [3.8, 4) is 11.1 Å². The third kappa shape index (κ3) is 2.59. The number of nitrogens with one attached hydrogen (secondary N) is 1. The lowest BCUT2D eigenvalue weighted by Gasteiger charge is -2.33. The van der Waals surface area contributed by atoms with Gasteiger partial charge in [0, 0.05) is 48.7 Å². The van der Waals surface area contributed by atoms with Crippen molar-refractivity contribution in [3.05, 3.63) is 84.1 Å². The molecule has 2 aromatic carbocycles. The standard InChI is InChI=1S/C22H20N4/c1-26-12-18-8-16(19-10-23-14-24-11-19)4-5-20(18)21(13-26)17-3-2-15-6-7-25-22(15)9-17/h2-11,14,21,25H,12-13H2,1H3. The van der Waals surface area contributed by atoms with E-state index in [9.17, 15) is 0 Å². The summed E-state index contributed by atoms with van der Waals surface area (Å²) in [5.74, 6) is 0.387. The van der Waals surface area contributed by atoms with Crippen molar-refractivity contribution >= 4 is 10.9 Å². The van der Waals surface area contributed by atoms with Crippen molar-refractivity contribution in [1.29, 1.82) is 0 Å². The molecule has 0 bridgehead atoms. The molecule has 4 heteroatoms. The predicted octanol–water partition coefficient (Wildman–Crippen LogP) is 4.20. The summed E-state index contributed by atoms with van der Waals surface area (Å²) in [4.78, 5) is 14.0. The summed E-state index contributed by atoms with van der Waals surface area (Å²) in [6.07, 6.45) is 7.32. The number of fused-ring (bicyclic) bond motifs is 2. The summed E-state index contributed by atoms with van der Waals surface area (Å²) in [5, 5.41) is 1.26. The monoisotopic (exact) mass is 340 g/mol. The number of aromatic nitrogens is 3. The molecule has 0 aliphatic carbocycles. The Labute approximate surface area is 152 Å². The summed E-state index contributed by atoms with van der Waals surface area (Å²) in [5.41, 5.74) is 7.62. The van der Waals surface area contributed by atoms with Gasteiger partial charge in [0.25, 0.3) is 0 Å². The van der Waals surface area contributed by atoms with Crippen LogP contribution in [-0.2, 0) is 6.54 Å². The van der Waals surface area contributed by atoms with Crippen LogP contribution in [0.5, 0.6) is 0 Å². The molecule has 1 unspecified atom stereocenters. The van der Waals surface area contributed by atoms with Crippen molar-refractivity contribution in [3.63, 3.8) is 0 Å². The summed E-state index contributed by atoms with van der Waals surface area (Å²) < 4.78 is 0. The molecule has 0 spiro atoms. The molecular formula is C22H20N4. The first-order chi connectivity index (χ1) is 12.8. The fraction of sp³-hybridized carbons (Fsp3) is 0.182. The van der Waals surface area contributed by atoms with Gasteiger partial charge in [-0.3, -0.25) is 0 Å². The highest BCUT2D eigenvalue weighted by Crippen LogP contribution is 2.36. The first-order valence-electron chi connectivity index (χ1n) is 8.92. The van der Waals surface area contributed by atoms with Crippen LogP contribution in [0.25, 0.3) is 22.0 Å². The molecule has 0 fully saturated rings. The van der Waals surface area contributed by atoms with E-state index in [1.54, 1.807) is 6.33 Å². The Bertz CT molecular complexity index is 1070. The predicted molar refractivity (Wildman–Crippen MR) is 104 cm³/mol. The van der Waals surface area contributed by atoms with Crippen LogP contribution >= 0.6 is 0 Å². The second-order valence-electron chi connectivity index (χ2n) is 7.11. The molecule has 128 valence electrons. The number of aromatic amines is 1. The second kappa shape index (κ2) is 6.07. The molecule has 0 saturated heterocycles. The van der Waals surface area contributed by atoms with Crippen LogP contribution in [0, 0.1) is 0 Å². The third-order valence-electron chi connectivity index (χ3n) is 5.33. The third-order valence-corrected chi connectivity index (χ3v) is 5.33. The van der Waals surface area contributed by atoms with Crippen molar-refractivity contribution in [2.45, 2.75) is 12.5 Å².